The fourth-order valence-corrected chi connectivity index (χ4v) is 2.10. The maximum absolute atomic E-state index is 10.7. The van der Waals surface area contributed by atoms with Crippen molar-refractivity contribution in [2.24, 2.45) is 0 Å². The zero-order valence-corrected chi connectivity index (χ0v) is 21.4. The lowest BCUT2D eigenvalue weighted by atomic mass is 10.1. The molecule has 0 aromatic heterocycles. The van der Waals surface area contributed by atoms with Crippen molar-refractivity contribution < 1.29 is 53.1 Å². The van der Waals surface area contributed by atoms with Crippen molar-refractivity contribution in [3.05, 3.63) is 23.8 Å². The molecule has 0 amide bonds. The van der Waals surface area contributed by atoms with Gasteiger partial charge in [0, 0.05) is 27.2 Å². The smallest absolute Gasteiger partial charge is 0.302 e. The van der Waals surface area contributed by atoms with Gasteiger partial charge in [-0.15, -0.1) is 0 Å². The van der Waals surface area contributed by atoms with E-state index in [2.05, 4.69) is 9.47 Å². The number of benzene rings is 1. The van der Waals surface area contributed by atoms with Crippen molar-refractivity contribution in [2.45, 2.75) is 59.9 Å². The summed E-state index contributed by atoms with van der Waals surface area (Å²) in [5, 5.41) is 17.5. The van der Waals surface area contributed by atoms with E-state index in [0.29, 0.717) is 37.4 Å². The lowest BCUT2D eigenvalue weighted by Gasteiger charge is -2.28. The van der Waals surface area contributed by atoms with Gasteiger partial charge in [0.15, 0.2) is 0 Å². The predicted molar refractivity (Wildman–Crippen MR) is 127 cm³/mol. The molecule has 1 aromatic carbocycles. The standard InChI is InChI=1S/C9H14O5.C7H9NO2.C3H6O2.C2H4O2.C2H6/c1-6(10)13-8-3-9(5-12-4-8)14-7(2)11;8-6-3-5(4-9)1-2-7(6)10;1-3(4)5-2;1-4-2-3;1-2/h8-9H,3-5H2,1-2H3;1-3,9-10H,4,8H2;1-2H3;2H,1H3;1-2H3. The highest BCUT2D eigenvalue weighted by Crippen LogP contribution is 2.20. The van der Waals surface area contributed by atoms with Gasteiger partial charge in [-0.3, -0.25) is 19.2 Å². The first-order valence-corrected chi connectivity index (χ1v) is 10.6. The van der Waals surface area contributed by atoms with Gasteiger partial charge in [0.1, 0.15) is 18.0 Å². The number of rotatable bonds is 4. The molecule has 12 nitrogen and oxygen atoms in total. The van der Waals surface area contributed by atoms with E-state index in [1.807, 2.05) is 13.8 Å². The van der Waals surface area contributed by atoms with E-state index in [9.17, 15) is 14.4 Å². The van der Waals surface area contributed by atoms with Gasteiger partial charge in [0.2, 0.25) is 0 Å². The van der Waals surface area contributed by atoms with Crippen molar-refractivity contribution >= 4 is 30.1 Å². The normalized spacial score (nSPS) is 15.2. The summed E-state index contributed by atoms with van der Waals surface area (Å²) in [6.07, 6.45) is -0.0877. The zero-order chi connectivity index (χ0) is 27.8. The molecule has 1 aliphatic heterocycles. The Morgan fingerprint density at radius 2 is 1.46 bits per heavy atom. The molecule has 1 fully saturated rings. The molecule has 1 heterocycles. The lowest BCUT2D eigenvalue weighted by molar-refractivity contribution is -0.168. The Morgan fingerprint density at radius 1 is 1.03 bits per heavy atom. The Kier molecular flexibility index (Phi) is 24.6. The van der Waals surface area contributed by atoms with Gasteiger partial charge in [-0.2, -0.15) is 0 Å². The number of carbonyl (C=O) groups is 4. The molecule has 1 saturated heterocycles. The molecule has 35 heavy (non-hydrogen) atoms. The molecule has 0 aliphatic carbocycles. The maximum atomic E-state index is 10.7. The molecule has 12 heteroatoms. The van der Waals surface area contributed by atoms with Gasteiger partial charge in [0.25, 0.3) is 6.47 Å². The number of aromatic hydroxyl groups is 1. The summed E-state index contributed by atoms with van der Waals surface area (Å²) in [6, 6.07) is 4.61. The Labute approximate surface area is 206 Å². The number of hydrogen-bond acceptors (Lipinski definition) is 12. The van der Waals surface area contributed by atoms with Gasteiger partial charge >= 0.3 is 17.9 Å². The van der Waals surface area contributed by atoms with Crippen LogP contribution in [0.15, 0.2) is 18.2 Å². The van der Waals surface area contributed by atoms with Crippen LogP contribution in [0.4, 0.5) is 5.69 Å². The van der Waals surface area contributed by atoms with Gasteiger partial charge < -0.3 is 39.6 Å². The van der Waals surface area contributed by atoms with E-state index in [1.54, 1.807) is 6.07 Å². The molecule has 4 N–H and O–H groups in total. The van der Waals surface area contributed by atoms with E-state index in [-0.39, 0.29) is 42.5 Å². The van der Waals surface area contributed by atoms with Crippen LogP contribution in [0.1, 0.15) is 46.6 Å². The van der Waals surface area contributed by atoms with Crippen LogP contribution in [-0.2, 0) is 49.5 Å². The van der Waals surface area contributed by atoms with E-state index in [1.165, 1.54) is 47.1 Å². The minimum Gasteiger partial charge on any atom is -0.506 e. The molecular formula is C23H39NO11. The van der Waals surface area contributed by atoms with Crippen LogP contribution in [-0.4, -0.2) is 74.2 Å². The third-order valence-electron chi connectivity index (χ3n) is 3.46. The minimum atomic E-state index is -0.345. The number of aliphatic hydroxyl groups excluding tert-OH is 1. The monoisotopic (exact) mass is 505 g/mol. The third kappa shape index (κ3) is 23.6. The molecule has 202 valence electrons. The van der Waals surface area contributed by atoms with Crippen molar-refractivity contribution in [1.29, 1.82) is 0 Å². The molecule has 2 unspecified atom stereocenters. The number of hydrogen-bond donors (Lipinski definition) is 3. The second-order valence-corrected chi connectivity index (χ2v) is 6.31. The predicted octanol–water partition coefficient (Wildman–Crippen LogP) is 1.73. The first kappa shape index (κ1) is 36.2. The van der Waals surface area contributed by atoms with Gasteiger partial charge in [-0.05, 0) is 17.7 Å². The minimum absolute atomic E-state index is 0.0511. The summed E-state index contributed by atoms with van der Waals surface area (Å²) < 4.78 is 23.0. The number of esters is 3. The quantitative estimate of drug-likeness (QED) is 0.177. The Hall–Kier alpha value is -3.38. The summed E-state index contributed by atoms with van der Waals surface area (Å²) >= 11 is 0. The van der Waals surface area contributed by atoms with E-state index >= 15 is 0 Å². The SMILES string of the molecule is CC.CC(=O)OC1COCC(OC(C)=O)C1.COC(C)=O.COC=O.Nc1cc(CO)ccc1O. The average Bonchev–Trinajstić information content (AvgIpc) is 2.82. The van der Waals surface area contributed by atoms with Crippen molar-refractivity contribution in [2.75, 3.05) is 33.2 Å². The first-order chi connectivity index (χ1) is 16.5. The highest BCUT2D eigenvalue weighted by atomic mass is 16.6. The zero-order valence-electron chi connectivity index (χ0n) is 21.4. The Morgan fingerprint density at radius 3 is 1.74 bits per heavy atom. The summed E-state index contributed by atoms with van der Waals surface area (Å²) in [5.41, 5.74) is 6.34. The number of nitrogen functional groups attached to an aromatic ring is 1. The number of methoxy groups -OCH3 is 2. The first-order valence-electron chi connectivity index (χ1n) is 10.6. The molecule has 1 aromatic rings. The summed E-state index contributed by atoms with van der Waals surface area (Å²) in [7, 11) is 2.66. The van der Waals surface area contributed by atoms with Crippen molar-refractivity contribution in [3.63, 3.8) is 0 Å². The molecule has 0 bridgehead atoms. The second-order valence-electron chi connectivity index (χ2n) is 6.31. The molecule has 2 rings (SSSR count). The van der Waals surface area contributed by atoms with Gasteiger partial charge in [-0.25, -0.2) is 0 Å². The summed E-state index contributed by atoms with van der Waals surface area (Å²) in [6.45, 7) is 9.12. The molecule has 1 aliphatic rings. The van der Waals surface area contributed by atoms with Crippen LogP contribution >= 0.6 is 0 Å². The average molecular weight is 506 g/mol. The molecular weight excluding hydrogens is 466 g/mol. The van der Waals surface area contributed by atoms with Gasteiger partial charge in [0.05, 0.1) is 39.7 Å². The second kappa shape index (κ2) is 23.8. The number of carbonyl (C=O) groups excluding carboxylic acids is 4. The summed E-state index contributed by atoms with van der Waals surface area (Å²) in [4.78, 5) is 39.9. The molecule has 0 radical (unpaired) electrons. The van der Waals surface area contributed by atoms with Crippen molar-refractivity contribution in [3.8, 4) is 5.75 Å². The number of phenols is 1. The number of nitrogens with two attached hydrogens (primary N) is 1. The maximum Gasteiger partial charge on any atom is 0.302 e. The largest absolute Gasteiger partial charge is 0.506 e. The molecule has 0 saturated carbocycles. The molecule has 0 spiro atoms. The number of aliphatic hydroxyl groups is 1. The van der Waals surface area contributed by atoms with E-state index in [0.717, 1.165) is 0 Å². The van der Waals surface area contributed by atoms with Crippen LogP contribution in [0.25, 0.3) is 0 Å². The van der Waals surface area contributed by atoms with Crippen molar-refractivity contribution in [1.82, 2.24) is 0 Å². The van der Waals surface area contributed by atoms with E-state index in [4.69, 9.17) is 35.0 Å². The third-order valence-corrected chi connectivity index (χ3v) is 3.46. The van der Waals surface area contributed by atoms with Crippen LogP contribution in [0.5, 0.6) is 5.75 Å². The molecule has 2 atom stereocenters. The van der Waals surface area contributed by atoms with Crippen LogP contribution < -0.4 is 5.73 Å². The fourth-order valence-electron chi connectivity index (χ4n) is 2.10. The fraction of sp³-hybridized carbons (Fsp3) is 0.565. The Bertz CT molecular complexity index is 703. The number of anilines is 1. The lowest BCUT2D eigenvalue weighted by Crippen LogP contribution is -2.38. The highest BCUT2D eigenvalue weighted by molar-refractivity contribution is 5.67. The van der Waals surface area contributed by atoms with E-state index < -0.39 is 0 Å². The highest BCUT2D eigenvalue weighted by Gasteiger charge is 2.26. The van der Waals surface area contributed by atoms with Crippen LogP contribution in [0.3, 0.4) is 0 Å². The number of ether oxygens (including phenoxy) is 5. The summed E-state index contributed by atoms with van der Waals surface area (Å²) in [5.74, 6) is -0.883. The number of phenolic OH excluding ortho intramolecular Hbond substituents is 1. The topological polar surface area (TPSA) is 181 Å². The van der Waals surface area contributed by atoms with Gasteiger partial charge in [-0.1, -0.05) is 19.9 Å². The van der Waals surface area contributed by atoms with Crippen LogP contribution in [0.2, 0.25) is 0 Å². The van der Waals surface area contributed by atoms with Crippen LogP contribution in [0, 0.1) is 0 Å². The Balaban J connectivity index is -0.000000425.